The molecule has 0 radical (unpaired) electrons. The summed E-state index contributed by atoms with van der Waals surface area (Å²) in [6.07, 6.45) is -2.84. The number of benzene rings is 1. The fourth-order valence-electron chi connectivity index (χ4n) is 3.10. The van der Waals surface area contributed by atoms with Crippen molar-refractivity contribution < 1.29 is 22.7 Å². The fraction of sp³-hybridized carbons (Fsp3) is 0.263. The lowest BCUT2D eigenvalue weighted by Crippen LogP contribution is -2.44. The number of carbonyl (C=O) groups excluding carboxylic acids is 1. The Labute approximate surface area is 164 Å². The first-order valence-electron chi connectivity index (χ1n) is 8.53. The molecule has 3 N–H and O–H groups in total. The van der Waals surface area contributed by atoms with Gasteiger partial charge in [-0.25, -0.2) is 23.1 Å². The molecule has 10 heteroatoms. The maximum Gasteiger partial charge on any atom is 0.283 e. The van der Waals surface area contributed by atoms with Crippen molar-refractivity contribution >= 4 is 17.6 Å². The van der Waals surface area contributed by atoms with E-state index in [1.54, 1.807) is 0 Å². The summed E-state index contributed by atoms with van der Waals surface area (Å²) in [5.41, 5.74) is 3.22. The van der Waals surface area contributed by atoms with Crippen LogP contribution in [0.2, 0.25) is 0 Å². The normalized spacial score (nSPS) is 21.1. The van der Waals surface area contributed by atoms with Crippen LogP contribution >= 0.6 is 0 Å². The largest absolute Gasteiger partial charge is 0.462 e. The van der Waals surface area contributed by atoms with Gasteiger partial charge < -0.3 is 15.8 Å². The van der Waals surface area contributed by atoms with E-state index >= 15 is 0 Å². The highest BCUT2D eigenvalue weighted by Gasteiger charge is 2.48. The molecule has 1 amide bonds. The number of amidine groups is 1. The second kappa shape index (κ2) is 7.79. The number of ether oxygens (including phenoxy) is 1. The second-order valence-corrected chi connectivity index (χ2v) is 6.50. The topological polar surface area (TPSA) is 113 Å². The van der Waals surface area contributed by atoms with Crippen LogP contribution < -0.4 is 11.1 Å². The van der Waals surface area contributed by atoms with E-state index in [-0.39, 0.29) is 23.4 Å². The Morgan fingerprint density at radius 2 is 2.17 bits per heavy atom. The van der Waals surface area contributed by atoms with Crippen LogP contribution in [0.1, 0.15) is 35.0 Å². The predicted octanol–water partition coefficient (Wildman–Crippen LogP) is 2.93. The molecule has 0 unspecified atom stereocenters. The van der Waals surface area contributed by atoms with E-state index < -0.39 is 41.4 Å². The molecule has 1 aromatic heterocycles. The first-order valence-corrected chi connectivity index (χ1v) is 8.53. The van der Waals surface area contributed by atoms with Crippen molar-refractivity contribution in [1.29, 1.82) is 5.26 Å². The molecule has 2 heterocycles. The van der Waals surface area contributed by atoms with E-state index in [1.807, 2.05) is 6.07 Å². The highest BCUT2D eigenvalue weighted by atomic mass is 19.3. The maximum atomic E-state index is 14.5. The molecule has 2 aromatic rings. The molecule has 29 heavy (non-hydrogen) atoms. The van der Waals surface area contributed by atoms with Gasteiger partial charge in [-0.2, -0.15) is 5.26 Å². The lowest BCUT2D eigenvalue weighted by Gasteiger charge is -2.36. The van der Waals surface area contributed by atoms with Gasteiger partial charge in [0.15, 0.2) is 5.54 Å². The van der Waals surface area contributed by atoms with Gasteiger partial charge in [0.1, 0.15) is 23.7 Å². The highest BCUT2D eigenvalue weighted by Crippen LogP contribution is 2.42. The molecule has 1 aromatic carbocycles. The molecule has 150 valence electrons. The van der Waals surface area contributed by atoms with Gasteiger partial charge in [-0.15, -0.1) is 0 Å². The van der Waals surface area contributed by atoms with E-state index in [9.17, 15) is 18.0 Å². The summed E-state index contributed by atoms with van der Waals surface area (Å²) in [6.45, 7) is 1.53. The summed E-state index contributed by atoms with van der Waals surface area (Å²) >= 11 is 0. The average molecular weight is 403 g/mol. The van der Waals surface area contributed by atoms with Crippen LogP contribution in [0.25, 0.3) is 0 Å². The Bertz CT molecular complexity index is 1000. The SMILES string of the molecule is C[C@@H]1C[C@@](c2cc(NC(=O)c3ccc(C#N)cn3)ccc2F)(C(F)F)N=C(N)O1. The molecule has 0 saturated heterocycles. The summed E-state index contributed by atoms with van der Waals surface area (Å²) in [4.78, 5) is 19.9. The molecule has 1 aliphatic rings. The third kappa shape index (κ3) is 3.99. The molecule has 7 nitrogen and oxygen atoms in total. The fourth-order valence-corrected chi connectivity index (χ4v) is 3.10. The number of hydrogen-bond acceptors (Lipinski definition) is 6. The summed E-state index contributed by atoms with van der Waals surface area (Å²) in [5, 5.41) is 11.2. The van der Waals surface area contributed by atoms with Crippen molar-refractivity contribution in [1.82, 2.24) is 4.98 Å². The van der Waals surface area contributed by atoms with Gasteiger partial charge in [0.05, 0.1) is 5.56 Å². The number of pyridine rings is 1. The Kier molecular flexibility index (Phi) is 5.41. The van der Waals surface area contributed by atoms with Crippen LogP contribution in [0.4, 0.5) is 18.9 Å². The zero-order chi connectivity index (χ0) is 21.2. The standard InChI is InChI=1S/C19H16F3N5O2/c1-10-7-19(17(21)22,27-18(24)29-10)13-6-12(3-4-14(13)20)26-16(28)15-5-2-11(8-23)9-25-15/h2-6,9-10,17H,7H2,1H3,(H2,24,27)(H,26,28)/t10-,19-/m1/s1. The van der Waals surface area contributed by atoms with Gasteiger partial charge >= 0.3 is 0 Å². The average Bonchev–Trinajstić information content (AvgIpc) is 2.68. The minimum Gasteiger partial charge on any atom is -0.462 e. The first-order chi connectivity index (χ1) is 13.7. The van der Waals surface area contributed by atoms with Crippen LogP contribution in [0.5, 0.6) is 0 Å². The van der Waals surface area contributed by atoms with Gasteiger partial charge in [0.25, 0.3) is 18.4 Å². The Hall–Kier alpha value is -3.61. The molecule has 0 aliphatic carbocycles. The van der Waals surface area contributed by atoms with Crippen molar-refractivity contribution in [3.05, 3.63) is 59.2 Å². The van der Waals surface area contributed by atoms with Gasteiger partial charge in [0, 0.05) is 23.9 Å². The van der Waals surface area contributed by atoms with Gasteiger partial charge in [-0.3, -0.25) is 4.79 Å². The number of alkyl halides is 2. The minimum atomic E-state index is -3.06. The molecular weight excluding hydrogens is 387 g/mol. The first kappa shape index (κ1) is 20.1. The quantitative estimate of drug-likeness (QED) is 0.815. The van der Waals surface area contributed by atoms with Crippen LogP contribution in [0, 0.1) is 17.1 Å². The third-order valence-electron chi connectivity index (χ3n) is 4.41. The number of halogens is 3. The highest BCUT2D eigenvalue weighted by molar-refractivity contribution is 6.02. The number of nitrogens with two attached hydrogens (primary N) is 1. The van der Waals surface area contributed by atoms with E-state index in [0.29, 0.717) is 0 Å². The zero-order valence-electron chi connectivity index (χ0n) is 15.2. The Morgan fingerprint density at radius 3 is 2.76 bits per heavy atom. The second-order valence-electron chi connectivity index (χ2n) is 6.50. The summed E-state index contributed by atoms with van der Waals surface area (Å²) in [6, 6.07) is 7.45. The molecule has 1 aliphatic heterocycles. The molecule has 0 fully saturated rings. The van der Waals surface area contributed by atoms with Crippen molar-refractivity contribution in [3.63, 3.8) is 0 Å². The van der Waals surface area contributed by atoms with Crippen LogP contribution in [-0.2, 0) is 10.3 Å². The molecule has 2 atom stereocenters. The number of nitrogens with zero attached hydrogens (tertiary/aromatic N) is 3. The van der Waals surface area contributed by atoms with E-state index in [1.165, 1.54) is 31.3 Å². The smallest absolute Gasteiger partial charge is 0.283 e. The number of hydrogen-bond donors (Lipinski definition) is 2. The van der Waals surface area contributed by atoms with Crippen molar-refractivity contribution in [2.45, 2.75) is 31.4 Å². The number of aliphatic imine (C=N–C) groups is 1. The van der Waals surface area contributed by atoms with Crippen LogP contribution in [0.15, 0.2) is 41.5 Å². The number of nitrogens with one attached hydrogen (secondary N) is 1. The van der Waals surface area contributed by atoms with E-state index in [2.05, 4.69) is 15.3 Å². The molecule has 3 rings (SSSR count). The molecular formula is C19H16F3N5O2. The maximum absolute atomic E-state index is 14.5. The van der Waals surface area contributed by atoms with Crippen molar-refractivity contribution in [2.24, 2.45) is 10.7 Å². The molecule has 0 saturated carbocycles. The zero-order valence-corrected chi connectivity index (χ0v) is 15.2. The number of nitriles is 1. The van der Waals surface area contributed by atoms with E-state index in [0.717, 1.165) is 12.1 Å². The summed E-state index contributed by atoms with van der Waals surface area (Å²) in [5.74, 6) is -1.56. The van der Waals surface area contributed by atoms with Gasteiger partial charge in [0.2, 0.25) is 0 Å². The Balaban J connectivity index is 1.96. The lowest BCUT2D eigenvalue weighted by molar-refractivity contribution is 0.00527. The Morgan fingerprint density at radius 1 is 1.41 bits per heavy atom. The van der Waals surface area contributed by atoms with Crippen molar-refractivity contribution in [3.8, 4) is 6.07 Å². The number of rotatable bonds is 4. The monoisotopic (exact) mass is 403 g/mol. The number of amides is 1. The predicted molar refractivity (Wildman–Crippen MR) is 97.8 cm³/mol. The molecule has 0 bridgehead atoms. The summed E-state index contributed by atoms with van der Waals surface area (Å²) < 4.78 is 47.6. The van der Waals surface area contributed by atoms with Gasteiger partial charge in [-0.1, -0.05) is 0 Å². The van der Waals surface area contributed by atoms with Crippen LogP contribution in [-0.4, -0.2) is 29.4 Å². The molecule has 0 spiro atoms. The van der Waals surface area contributed by atoms with Gasteiger partial charge in [-0.05, 0) is 37.3 Å². The minimum absolute atomic E-state index is 0.000372. The number of anilines is 1. The van der Waals surface area contributed by atoms with Crippen molar-refractivity contribution in [2.75, 3.05) is 5.32 Å². The van der Waals surface area contributed by atoms with Crippen LogP contribution in [0.3, 0.4) is 0 Å². The lowest BCUT2D eigenvalue weighted by atomic mass is 9.84. The number of carbonyl (C=O) groups is 1. The third-order valence-corrected chi connectivity index (χ3v) is 4.41. The number of aromatic nitrogens is 1. The van der Waals surface area contributed by atoms with E-state index in [4.69, 9.17) is 15.7 Å². The summed E-state index contributed by atoms with van der Waals surface area (Å²) in [7, 11) is 0.